The molecule has 0 unspecified atom stereocenters. The zero-order chi connectivity index (χ0) is 14.0. The number of nitro groups is 1. The summed E-state index contributed by atoms with van der Waals surface area (Å²) in [4.78, 5) is 23.9. The Hall–Kier alpha value is -1.91. The molecule has 5 heteroatoms. The Bertz CT molecular complexity index is 509. The molecule has 5 nitrogen and oxygen atoms in total. The Morgan fingerprint density at radius 1 is 1.47 bits per heavy atom. The molecule has 0 amide bonds. The molecule has 0 aromatic heterocycles. The van der Waals surface area contributed by atoms with Gasteiger partial charge in [-0.2, -0.15) is 0 Å². The smallest absolute Gasteiger partial charge is 0.282 e. The van der Waals surface area contributed by atoms with Gasteiger partial charge in [-0.15, -0.1) is 0 Å². The van der Waals surface area contributed by atoms with Crippen molar-refractivity contribution in [2.24, 2.45) is 5.92 Å². The summed E-state index contributed by atoms with van der Waals surface area (Å²) in [6, 6.07) is 4.82. The molecule has 1 aliphatic carbocycles. The number of rotatable bonds is 5. The second-order valence-electron chi connectivity index (χ2n) is 5.19. The fourth-order valence-corrected chi connectivity index (χ4v) is 2.37. The second-order valence-corrected chi connectivity index (χ2v) is 5.19. The molecular weight excluding hydrogens is 244 g/mol. The maximum Gasteiger partial charge on any atom is 0.282 e. The molecule has 0 N–H and O–H groups in total. The van der Waals surface area contributed by atoms with Crippen LogP contribution in [0.3, 0.4) is 0 Å². The number of nitrogens with zero attached hydrogens (tertiary/aromatic N) is 2. The van der Waals surface area contributed by atoms with Crippen molar-refractivity contribution in [3.63, 3.8) is 0 Å². The Morgan fingerprint density at radius 2 is 2.16 bits per heavy atom. The summed E-state index contributed by atoms with van der Waals surface area (Å²) in [5.41, 5.74) is 0.861. The molecule has 0 atom stereocenters. The van der Waals surface area contributed by atoms with E-state index in [0.29, 0.717) is 5.92 Å². The highest BCUT2D eigenvalue weighted by Crippen LogP contribution is 2.30. The molecule has 0 saturated heterocycles. The summed E-state index contributed by atoms with van der Waals surface area (Å²) in [5.74, 6) is 0.413. The van der Waals surface area contributed by atoms with Crippen molar-refractivity contribution in [3.05, 3.63) is 33.9 Å². The van der Waals surface area contributed by atoms with Crippen LogP contribution in [-0.4, -0.2) is 24.3 Å². The molecule has 1 aliphatic rings. The van der Waals surface area contributed by atoms with Gasteiger partial charge in [0.15, 0.2) is 5.78 Å². The summed E-state index contributed by atoms with van der Waals surface area (Å²) in [7, 11) is 1.94. The lowest BCUT2D eigenvalue weighted by Gasteiger charge is -2.31. The monoisotopic (exact) mass is 262 g/mol. The zero-order valence-electron chi connectivity index (χ0n) is 11.3. The molecule has 1 aromatic rings. The van der Waals surface area contributed by atoms with Gasteiger partial charge < -0.3 is 4.90 Å². The third-order valence-electron chi connectivity index (χ3n) is 3.75. The maximum atomic E-state index is 11.4. The lowest BCUT2D eigenvalue weighted by molar-refractivity contribution is -0.385. The van der Waals surface area contributed by atoms with Crippen molar-refractivity contribution in [2.75, 3.05) is 18.5 Å². The number of carbonyl (C=O) groups is 1. The normalized spacial score (nSPS) is 14.8. The third-order valence-corrected chi connectivity index (χ3v) is 3.75. The Kier molecular flexibility index (Phi) is 3.83. The van der Waals surface area contributed by atoms with Crippen LogP contribution >= 0.6 is 0 Å². The molecule has 0 aliphatic heterocycles. The van der Waals surface area contributed by atoms with Gasteiger partial charge in [0.25, 0.3) is 5.69 Å². The van der Waals surface area contributed by atoms with E-state index < -0.39 is 4.92 Å². The molecule has 2 rings (SSSR count). The van der Waals surface area contributed by atoms with Crippen molar-refractivity contribution in [1.82, 2.24) is 0 Å². The van der Waals surface area contributed by atoms with E-state index in [0.717, 1.165) is 12.2 Å². The van der Waals surface area contributed by atoms with Gasteiger partial charge in [0.2, 0.25) is 0 Å². The number of Topliss-reactive ketones (excluding diaryl/α,β-unsaturated/α-hetero) is 1. The Balaban J connectivity index is 2.23. The summed E-state index contributed by atoms with van der Waals surface area (Å²) < 4.78 is 0. The highest BCUT2D eigenvalue weighted by atomic mass is 16.6. The number of benzene rings is 1. The molecule has 0 radical (unpaired) electrons. The summed E-state index contributed by atoms with van der Waals surface area (Å²) in [6.07, 6.45) is 3.75. The lowest BCUT2D eigenvalue weighted by atomic mass is 9.85. The largest absolute Gasteiger partial charge is 0.374 e. The Labute approximate surface area is 112 Å². The van der Waals surface area contributed by atoms with Gasteiger partial charge in [0.1, 0.15) is 0 Å². The summed E-state index contributed by atoms with van der Waals surface area (Å²) in [6.45, 7) is 2.26. The minimum atomic E-state index is -0.489. The van der Waals surface area contributed by atoms with Gasteiger partial charge in [0, 0.05) is 25.3 Å². The highest BCUT2D eigenvalue weighted by Gasteiger charge is 2.22. The predicted molar refractivity (Wildman–Crippen MR) is 73.7 cm³/mol. The quantitative estimate of drug-likeness (QED) is 0.465. The predicted octanol–water partition coefficient (Wildman–Crippen LogP) is 3.03. The van der Waals surface area contributed by atoms with Gasteiger partial charge in [-0.05, 0) is 37.8 Å². The van der Waals surface area contributed by atoms with E-state index in [1.54, 1.807) is 12.1 Å². The van der Waals surface area contributed by atoms with Crippen LogP contribution < -0.4 is 4.90 Å². The first kappa shape index (κ1) is 13.5. The van der Waals surface area contributed by atoms with Crippen molar-refractivity contribution < 1.29 is 9.72 Å². The molecule has 19 heavy (non-hydrogen) atoms. The van der Waals surface area contributed by atoms with Gasteiger partial charge in [0.05, 0.1) is 10.5 Å². The van der Waals surface area contributed by atoms with Gasteiger partial charge in [-0.1, -0.05) is 6.42 Å². The van der Waals surface area contributed by atoms with Crippen LogP contribution in [-0.2, 0) is 0 Å². The van der Waals surface area contributed by atoms with Crippen LogP contribution in [0.1, 0.15) is 36.5 Å². The van der Waals surface area contributed by atoms with Gasteiger partial charge >= 0.3 is 0 Å². The number of nitro benzene ring substituents is 1. The molecule has 0 spiro atoms. The van der Waals surface area contributed by atoms with E-state index >= 15 is 0 Å². The van der Waals surface area contributed by atoms with Crippen LogP contribution in [0.2, 0.25) is 0 Å². The SMILES string of the molecule is CC(=O)c1ccc(N(C)CC2CCC2)cc1[N+](=O)[O-]. The molecule has 0 heterocycles. The first-order chi connectivity index (χ1) is 8.99. The molecule has 1 aromatic carbocycles. The first-order valence-corrected chi connectivity index (χ1v) is 6.49. The van der Waals surface area contributed by atoms with Crippen molar-refractivity contribution >= 4 is 17.2 Å². The van der Waals surface area contributed by atoms with Crippen LogP contribution in [0.4, 0.5) is 11.4 Å². The molecule has 0 bridgehead atoms. The minimum Gasteiger partial charge on any atom is -0.374 e. The van der Waals surface area contributed by atoms with E-state index in [2.05, 4.69) is 0 Å². The average Bonchev–Trinajstić information content (AvgIpc) is 2.32. The second kappa shape index (κ2) is 5.38. The number of ketones is 1. The topological polar surface area (TPSA) is 63.5 Å². The van der Waals surface area contributed by atoms with E-state index in [-0.39, 0.29) is 17.0 Å². The van der Waals surface area contributed by atoms with Crippen LogP contribution in [0.25, 0.3) is 0 Å². The van der Waals surface area contributed by atoms with E-state index in [9.17, 15) is 14.9 Å². The lowest BCUT2D eigenvalue weighted by Crippen LogP contribution is -2.29. The molecule has 1 fully saturated rings. The van der Waals surface area contributed by atoms with E-state index in [1.807, 2.05) is 11.9 Å². The summed E-state index contributed by atoms with van der Waals surface area (Å²) in [5, 5.41) is 11.0. The Morgan fingerprint density at radius 3 is 2.63 bits per heavy atom. The van der Waals surface area contributed by atoms with Crippen LogP contribution in [0, 0.1) is 16.0 Å². The molecule has 102 valence electrons. The highest BCUT2D eigenvalue weighted by molar-refractivity contribution is 5.98. The van der Waals surface area contributed by atoms with Crippen molar-refractivity contribution in [1.29, 1.82) is 0 Å². The van der Waals surface area contributed by atoms with E-state index in [4.69, 9.17) is 0 Å². The van der Waals surface area contributed by atoms with Crippen LogP contribution in [0.15, 0.2) is 18.2 Å². The molecule has 1 saturated carbocycles. The third kappa shape index (κ3) is 2.92. The number of hydrogen-bond donors (Lipinski definition) is 0. The van der Waals surface area contributed by atoms with Gasteiger partial charge in [-0.3, -0.25) is 14.9 Å². The standard InChI is InChI=1S/C14H18N2O3/c1-10(17)13-7-6-12(8-14(13)16(18)19)15(2)9-11-4-3-5-11/h6-8,11H,3-5,9H2,1-2H3. The number of anilines is 1. The number of hydrogen-bond acceptors (Lipinski definition) is 4. The van der Waals surface area contributed by atoms with Gasteiger partial charge in [-0.25, -0.2) is 0 Å². The van der Waals surface area contributed by atoms with Crippen molar-refractivity contribution in [2.45, 2.75) is 26.2 Å². The molecular formula is C14H18N2O3. The first-order valence-electron chi connectivity index (χ1n) is 6.49. The minimum absolute atomic E-state index is 0.106. The number of carbonyl (C=O) groups excluding carboxylic acids is 1. The van der Waals surface area contributed by atoms with Crippen LogP contribution in [0.5, 0.6) is 0 Å². The maximum absolute atomic E-state index is 11.4. The zero-order valence-corrected chi connectivity index (χ0v) is 11.3. The average molecular weight is 262 g/mol. The van der Waals surface area contributed by atoms with E-state index in [1.165, 1.54) is 32.3 Å². The van der Waals surface area contributed by atoms with Crippen molar-refractivity contribution in [3.8, 4) is 0 Å². The fraction of sp³-hybridized carbons (Fsp3) is 0.500. The summed E-state index contributed by atoms with van der Waals surface area (Å²) >= 11 is 0. The fourth-order valence-electron chi connectivity index (χ4n) is 2.37.